The average molecular weight is 403 g/mol. The lowest BCUT2D eigenvalue weighted by atomic mass is 9.88. The predicted octanol–water partition coefficient (Wildman–Crippen LogP) is 2.96. The van der Waals surface area contributed by atoms with Crippen molar-refractivity contribution >= 4 is 5.95 Å². The Morgan fingerprint density at radius 3 is 2.60 bits per heavy atom. The van der Waals surface area contributed by atoms with Crippen molar-refractivity contribution in [3.8, 4) is 11.4 Å². The highest BCUT2D eigenvalue weighted by molar-refractivity contribution is 5.56. The van der Waals surface area contributed by atoms with E-state index in [1.165, 1.54) is 6.33 Å². The summed E-state index contributed by atoms with van der Waals surface area (Å²) in [6.07, 6.45) is 7.79. The second-order valence-electron chi connectivity index (χ2n) is 8.24. The normalized spacial score (nSPS) is 18.4. The first-order valence-electron chi connectivity index (χ1n) is 10.6. The van der Waals surface area contributed by atoms with Crippen LogP contribution < -0.4 is 10.5 Å². The number of aromatic nitrogens is 4. The van der Waals surface area contributed by atoms with Gasteiger partial charge in [0.15, 0.2) is 0 Å². The minimum atomic E-state index is -0.658. The molecular weight excluding hydrogens is 378 g/mol. The minimum Gasteiger partial charge on any atom is -0.387 e. The fraction of sp³-hybridized carbons (Fsp3) is 0.391. The van der Waals surface area contributed by atoms with Crippen molar-refractivity contribution in [2.24, 2.45) is 0 Å². The van der Waals surface area contributed by atoms with Crippen molar-refractivity contribution in [3.05, 3.63) is 70.9 Å². The Bertz CT molecular complexity index is 1080. The molecule has 0 unspecified atom stereocenters. The third kappa shape index (κ3) is 3.29. The van der Waals surface area contributed by atoms with Crippen LogP contribution in [0.15, 0.2) is 59.8 Å². The van der Waals surface area contributed by atoms with E-state index in [2.05, 4.69) is 14.9 Å². The monoisotopic (exact) mass is 403 g/mol. The third-order valence-electron chi connectivity index (χ3n) is 6.52. The molecule has 0 bridgehead atoms. The molecule has 1 aliphatic heterocycles. The van der Waals surface area contributed by atoms with E-state index in [4.69, 9.17) is 4.98 Å². The lowest BCUT2D eigenvalue weighted by Crippen LogP contribution is -2.55. The molecule has 1 aliphatic carbocycles. The first-order valence-corrected chi connectivity index (χ1v) is 10.6. The molecule has 7 nitrogen and oxygen atoms in total. The van der Waals surface area contributed by atoms with Crippen LogP contribution >= 0.6 is 0 Å². The maximum Gasteiger partial charge on any atom is 0.255 e. The molecule has 1 fully saturated rings. The summed E-state index contributed by atoms with van der Waals surface area (Å²) in [6, 6.07) is 13.0. The van der Waals surface area contributed by atoms with Crippen LogP contribution in [0.3, 0.4) is 0 Å². The summed E-state index contributed by atoms with van der Waals surface area (Å²) < 4.78 is 1.74. The molecule has 0 amide bonds. The van der Waals surface area contributed by atoms with E-state index < -0.39 is 6.10 Å². The number of aliphatic hydroxyl groups is 1. The average Bonchev–Trinajstić information content (AvgIpc) is 3.26. The van der Waals surface area contributed by atoms with E-state index in [9.17, 15) is 9.90 Å². The van der Waals surface area contributed by atoms with Gasteiger partial charge in [-0.3, -0.25) is 9.36 Å². The van der Waals surface area contributed by atoms with Gasteiger partial charge in [0.2, 0.25) is 5.95 Å². The second kappa shape index (κ2) is 7.65. The van der Waals surface area contributed by atoms with E-state index in [0.717, 1.165) is 37.7 Å². The van der Waals surface area contributed by atoms with Gasteiger partial charge in [-0.2, -0.15) is 0 Å². The van der Waals surface area contributed by atoms with E-state index >= 15 is 0 Å². The molecule has 3 heterocycles. The molecule has 1 atom stereocenters. The zero-order valence-corrected chi connectivity index (χ0v) is 16.8. The number of hydrogen-bond acceptors (Lipinski definition) is 6. The van der Waals surface area contributed by atoms with Gasteiger partial charge in [0.25, 0.3) is 5.56 Å². The van der Waals surface area contributed by atoms with Crippen molar-refractivity contribution in [3.63, 3.8) is 0 Å². The van der Waals surface area contributed by atoms with Crippen LogP contribution in [0, 0.1) is 0 Å². The van der Waals surface area contributed by atoms with Gasteiger partial charge in [0.05, 0.1) is 24.0 Å². The quantitative estimate of drug-likeness (QED) is 0.721. The van der Waals surface area contributed by atoms with Crippen LogP contribution in [0.4, 0.5) is 5.95 Å². The van der Waals surface area contributed by atoms with Gasteiger partial charge in [-0.15, -0.1) is 0 Å². The van der Waals surface area contributed by atoms with E-state index in [0.29, 0.717) is 30.4 Å². The first-order chi connectivity index (χ1) is 14.7. The Morgan fingerprint density at radius 2 is 1.87 bits per heavy atom. The largest absolute Gasteiger partial charge is 0.387 e. The summed E-state index contributed by atoms with van der Waals surface area (Å²) in [4.78, 5) is 28.3. The highest BCUT2D eigenvalue weighted by Gasteiger charge is 2.44. The highest BCUT2D eigenvalue weighted by Crippen LogP contribution is 2.44. The Hall–Kier alpha value is -3.06. The summed E-state index contributed by atoms with van der Waals surface area (Å²) in [5.74, 6) is 0.638. The smallest absolute Gasteiger partial charge is 0.255 e. The van der Waals surface area contributed by atoms with E-state index in [-0.39, 0.29) is 11.1 Å². The molecule has 1 aromatic carbocycles. The zero-order chi connectivity index (χ0) is 20.6. The number of nitrogens with zero attached hydrogens (tertiary/aromatic N) is 5. The van der Waals surface area contributed by atoms with E-state index in [1.807, 2.05) is 30.3 Å². The van der Waals surface area contributed by atoms with Gasteiger partial charge < -0.3 is 10.0 Å². The van der Waals surface area contributed by atoms with Gasteiger partial charge in [-0.05, 0) is 30.9 Å². The molecule has 30 heavy (non-hydrogen) atoms. The molecule has 1 saturated carbocycles. The van der Waals surface area contributed by atoms with Crippen molar-refractivity contribution < 1.29 is 5.11 Å². The van der Waals surface area contributed by atoms with Crippen molar-refractivity contribution in [1.82, 2.24) is 19.5 Å². The molecule has 7 heteroatoms. The Balaban J connectivity index is 1.60. The molecule has 1 spiro atoms. The van der Waals surface area contributed by atoms with Gasteiger partial charge in [0.1, 0.15) is 6.33 Å². The standard InChI is InChI=1S/C23H25N5O2/c29-20(17-6-2-1-3-7-17)15-28-22-26-19(18-8-12-24-16-25-18)14-21(30)27(22)13-11-23(28)9-4-5-10-23/h1-3,6-8,12,14,16,20,29H,4-5,9-11,13,15H2/t20-/m0/s1. The number of β-amino-alcohol motifs (C(OH)–C–C–N with tert-alkyl or cyclic N) is 1. The number of aliphatic hydroxyl groups excluding tert-OH is 1. The molecular formula is C23H25N5O2. The zero-order valence-electron chi connectivity index (χ0n) is 16.8. The minimum absolute atomic E-state index is 0.0561. The van der Waals surface area contributed by atoms with Crippen LogP contribution in [-0.2, 0) is 6.54 Å². The fourth-order valence-corrected chi connectivity index (χ4v) is 4.93. The molecule has 2 aliphatic rings. The number of benzene rings is 1. The number of fused-ring (bicyclic) bond motifs is 1. The second-order valence-corrected chi connectivity index (χ2v) is 8.24. The SMILES string of the molecule is O=c1cc(-c2ccncn2)nc2n1CCC1(CCCC1)N2C[C@H](O)c1ccccc1. The van der Waals surface area contributed by atoms with Gasteiger partial charge >= 0.3 is 0 Å². The molecule has 3 aromatic rings. The maximum atomic E-state index is 13.0. The van der Waals surface area contributed by atoms with Crippen LogP contribution in [0.2, 0.25) is 0 Å². The number of rotatable bonds is 4. The maximum absolute atomic E-state index is 13.0. The predicted molar refractivity (Wildman–Crippen MR) is 114 cm³/mol. The third-order valence-corrected chi connectivity index (χ3v) is 6.52. The number of hydrogen-bond donors (Lipinski definition) is 1. The lowest BCUT2D eigenvalue weighted by Gasteiger charge is -2.47. The van der Waals surface area contributed by atoms with Gasteiger partial charge in [-0.1, -0.05) is 43.2 Å². The van der Waals surface area contributed by atoms with Crippen molar-refractivity contribution in [1.29, 1.82) is 0 Å². The Labute approximate surface area is 175 Å². The molecule has 5 rings (SSSR count). The fourth-order valence-electron chi connectivity index (χ4n) is 4.93. The van der Waals surface area contributed by atoms with Crippen LogP contribution in [0.25, 0.3) is 11.4 Å². The van der Waals surface area contributed by atoms with E-state index in [1.54, 1.807) is 22.9 Å². The molecule has 154 valence electrons. The molecule has 2 aromatic heterocycles. The summed E-state index contributed by atoms with van der Waals surface area (Å²) in [6.45, 7) is 1.06. The summed E-state index contributed by atoms with van der Waals surface area (Å²) >= 11 is 0. The summed E-state index contributed by atoms with van der Waals surface area (Å²) in [7, 11) is 0. The molecule has 0 saturated heterocycles. The molecule has 1 N–H and O–H groups in total. The van der Waals surface area contributed by atoms with Crippen LogP contribution in [0.5, 0.6) is 0 Å². The topological polar surface area (TPSA) is 84.1 Å². The van der Waals surface area contributed by atoms with Crippen molar-refractivity contribution in [2.75, 3.05) is 11.4 Å². The van der Waals surface area contributed by atoms with Crippen LogP contribution in [0.1, 0.15) is 43.8 Å². The lowest BCUT2D eigenvalue weighted by molar-refractivity contribution is 0.164. The summed E-state index contributed by atoms with van der Waals surface area (Å²) in [5.41, 5.74) is 1.90. The Morgan fingerprint density at radius 1 is 1.07 bits per heavy atom. The first kappa shape index (κ1) is 18.9. The summed E-state index contributed by atoms with van der Waals surface area (Å²) in [5, 5.41) is 11.0. The Kier molecular flexibility index (Phi) is 4.83. The molecule has 0 radical (unpaired) electrons. The highest BCUT2D eigenvalue weighted by atomic mass is 16.3. The van der Waals surface area contributed by atoms with Crippen LogP contribution in [-0.4, -0.2) is 36.7 Å². The van der Waals surface area contributed by atoms with Crippen molar-refractivity contribution in [2.45, 2.75) is 50.3 Å². The van der Waals surface area contributed by atoms with Gasteiger partial charge in [0, 0.05) is 24.3 Å². The van der Waals surface area contributed by atoms with Gasteiger partial charge in [-0.25, -0.2) is 15.0 Å². The number of anilines is 1.